The van der Waals surface area contributed by atoms with Crippen LogP contribution < -0.4 is 10.6 Å². The van der Waals surface area contributed by atoms with Crippen molar-refractivity contribution >= 4 is 27.0 Å². The fourth-order valence-electron chi connectivity index (χ4n) is 2.66. The first-order valence-electron chi connectivity index (χ1n) is 7.73. The van der Waals surface area contributed by atoms with Gasteiger partial charge in [0.05, 0.1) is 11.4 Å². The summed E-state index contributed by atoms with van der Waals surface area (Å²) in [6.07, 6.45) is -3.95. The summed E-state index contributed by atoms with van der Waals surface area (Å²) in [6, 6.07) is 11.3. The van der Waals surface area contributed by atoms with Crippen molar-refractivity contribution in [1.29, 1.82) is 0 Å². The first-order chi connectivity index (χ1) is 12.4. The van der Waals surface area contributed by atoms with Gasteiger partial charge in [0.25, 0.3) is 5.72 Å². The Bertz CT molecular complexity index is 987. The smallest absolute Gasteiger partial charge is 0.399 e. The third-order valence-electron chi connectivity index (χ3n) is 4.12. The topological polar surface area (TPSA) is 96.0 Å². The summed E-state index contributed by atoms with van der Waals surface area (Å²) in [5, 5.41) is 10.1. The highest BCUT2D eigenvalue weighted by atomic mass is 32.2. The number of nitrogens with two attached hydrogens (primary N) is 1. The Kier molecular flexibility index (Phi) is 4.43. The highest BCUT2D eigenvalue weighted by molar-refractivity contribution is 7.90. The van der Waals surface area contributed by atoms with Gasteiger partial charge in [-0.05, 0) is 48.5 Å². The molecule has 6 nitrogen and oxygen atoms in total. The van der Waals surface area contributed by atoms with Gasteiger partial charge in [0, 0.05) is 23.2 Å². The summed E-state index contributed by atoms with van der Waals surface area (Å²) in [6.45, 7) is -0.853. The number of nitrogens with zero attached hydrogens (tertiary/aromatic N) is 2. The second-order valence-corrected chi connectivity index (χ2v) is 8.24. The van der Waals surface area contributed by atoms with Gasteiger partial charge < -0.3 is 15.7 Å². The maximum Gasteiger partial charge on any atom is 0.440 e. The van der Waals surface area contributed by atoms with Crippen LogP contribution in [0.5, 0.6) is 0 Å². The molecule has 0 bridgehead atoms. The molecule has 0 aliphatic carbocycles. The second kappa shape index (κ2) is 6.24. The number of hydrogen-bond donors (Lipinski definition) is 2. The Morgan fingerprint density at radius 3 is 2.15 bits per heavy atom. The number of hydrogen-bond acceptors (Lipinski definition) is 6. The number of anilines is 2. The molecule has 1 atom stereocenters. The molecule has 3 rings (SSSR count). The lowest BCUT2D eigenvalue weighted by molar-refractivity contribution is -0.249. The lowest BCUT2D eigenvalue weighted by Gasteiger charge is -2.25. The minimum absolute atomic E-state index is 0.0301. The third-order valence-corrected chi connectivity index (χ3v) is 5.25. The molecular formula is C17H16F3N3O3S. The highest BCUT2D eigenvalue weighted by Gasteiger charge is 2.58. The molecule has 27 heavy (non-hydrogen) atoms. The van der Waals surface area contributed by atoms with E-state index in [9.17, 15) is 26.7 Å². The van der Waals surface area contributed by atoms with Gasteiger partial charge in [-0.2, -0.15) is 13.2 Å². The van der Waals surface area contributed by atoms with Crippen LogP contribution in [0.25, 0.3) is 0 Å². The maximum atomic E-state index is 13.3. The van der Waals surface area contributed by atoms with Crippen LogP contribution in [0.4, 0.5) is 24.5 Å². The largest absolute Gasteiger partial charge is 0.440 e. The molecule has 3 N–H and O–H groups in total. The van der Waals surface area contributed by atoms with Gasteiger partial charge in [-0.15, -0.1) is 0 Å². The standard InChI is InChI=1S/C17H16F3N3O3S/c1-27(25,26)14-8-6-13(7-9-14)23-10-16(24,17(18,19)20)22-15(23)11-2-4-12(21)5-3-11/h2-9,24H,10,21H2,1H3. The molecule has 0 aromatic heterocycles. The Morgan fingerprint density at radius 1 is 1.11 bits per heavy atom. The number of amidine groups is 1. The molecule has 10 heteroatoms. The number of halogens is 3. The van der Waals surface area contributed by atoms with Crippen LogP contribution in [0.3, 0.4) is 0 Å². The van der Waals surface area contributed by atoms with Crippen molar-refractivity contribution in [3.63, 3.8) is 0 Å². The summed E-state index contributed by atoms with van der Waals surface area (Å²) >= 11 is 0. The number of benzene rings is 2. The molecule has 0 saturated carbocycles. The molecule has 0 radical (unpaired) electrons. The fourth-order valence-corrected chi connectivity index (χ4v) is 3.29. The fraction of sp³-hybridized carbons (Fsp3) is 0.235. The molecule has 0 fully saturated rings. The zero-order valence-corrected chi connectivity index (χ0v) is 14.9. The van der Waals surface area contributed by atoms with Crippen molar-refractivity contribution < 1.29 is 26.7 Å². The van der Waals surface area contributed by atoms with E-state index in [0.29, 0.717) is 11.3 Å². The van der Waals surface area contributed by atoms with Gasteiger partial charge in [-0.25, -0.2) is 13.4 Å². The van der Waals surface area contributed by atoms with Crippen LogP contribution in [0.2, 0.25) is 0 Å². The SMILES string of the molecule is CS(=O)(=O)c1ccc(N2CC(O)(C(F)(F)F)N=C2c2ccc(N)cc2)cc1. The molecule has 1 heterocycles. The van der Waals surface area contributed by atoms with E-state index in [1.54, 1.807) is 0 Å². The zero-order valence-electron chi connectivity index (χ0n) is 14.1. The molecule has 0 amide bonds. The minimum Gasteiger partial charge on any atom is -0.399 e. The number of β-amino-alcohol motifs (C(OH)–C–C–N with tert-alkyl or cyclic N) is 1. The van der Waals surface area contributed by atoms with Crippen molar-refractivity contribution in [3.05, 3.63) is 54.1 Å². The van der Waals surface area contributed by atoms with Gasteiger partial charge >= 0.3 is 6.18 Å². The van der Waals surface area contributed by atoms with E-state index in [1.807, 2.05) is 0 Å². The first-order valence-corrected chi connectivity index (χ1v) is 9.62. The zero-order chi connectivity index (χ0) is 20.0. The Balaban J connectivity index is 2.07. The highest BCUT2D eigenvalue weighted by Crippen LogP contribution is 2.39. The predicted molar refractivity (Wildman–Crippen MR) is 95.3 cm³/mol. The van der Waals surface area contributed by atoms with Gasteiger partial charge in [-0.1, -0.05) is 0 Å². The third kappa shape index (κ3) is 3.62. The average molecular weight is 399 g/mol. The van der Waals surface area contributed by atoms with Crippen molar-refractivity contribution in [2.24, 2.45) is 4.99 Å². The van der Waals surface area contributed by atoms with Gasteiger partial charge in [0.1, 0.15) is 5.84 Å². The lowest BCUT2D eigenvalue weighted by atomic mass is 10.1. The molecule has 144 valence electrons. The molecular weight excluding hydrogens is 383 g/mol. The molecule has 0 spiro atoms. The van der Waals surface area contributed by atoms with E-state index in [4.69, 9.17) is 5.73 Å². The number of nitrogen functional groups attached to an aromatic ring is 1. The molecule has 1 aliphatic heterocycles. The minimum atomic E-state index is -4.98. The number of sulfone groups is 1. The van der Waals surface area contributed by atoms with Crippen molar-refractivity contribution in [2.45, 2.75) is 16.8 Å². The Hall–Kier alpha value is -2.59. The van der Waals surface area contributed by atoms with E-state index >= 15 is 0 Å². The van der Waals surface area contributed by atoms with E-state index in [2.05, 4.69) is 4.99 Å². The normalized spacial score (nSPS) is 20.6. The average Bonchev–Trinajstić information content (AvgIpc) is 2.94. The summed E-state index contributed by atoms with van der Waals surface area (Å²) in [5.41, 5.74) is 3.35. The molecule has 1 unspecified atom stereocenters. The van der Waals surface area contributed by atoms with E-state index in [1.165, 1.54) is 53.4 Å². The monoisotopic (exact) mass is 399 g/mol. The van der Waals surface area contributed by atoms with Gasteiger partial charge in [-0.3, -0.25) is 0 Å². The van der Waals surface area contributed by atoms with Crippen molar-refractivity contribution in [3.8, 4) is 0 Å². The number of rotatable bonds is 3. The van der Waals surface area contributed by atoms with Crippen LogP contribution in [0.1, 0.15) is 5.56 Å². The van der Waals surface area contributed by atoms with Gasteiger partial charge in [0.15, 0.2) is 9.84 Å². The van der Waals surface area contributed by atoms with Crippen LogP contribution in [0, 0.1) is 0 Å². The molecule has 1 aliphatic rings. The Labute approximate surface area is 153 Å². The predicted octanol–water partition coefficient (Wildman–Crippen LogP) is 2.19. The summed E-state index contributed by atoms with van der Waals surface area (Å²) in [7, 11) is -3.45. The van der Waals surface area contributed by atoms with Crippen LogP contribution in [-0.2, 0) is 9.84 Å². The first kappa shape index (κ1) is 19.2. The van der Waals surface area contributed by atoms with Gasteiger partial charge in [0.2, 0.25) is 0 Å². The number of aliphatic hydroxyl groups is 1. The number of aliphatic imine (C=N–C) groups is 1. The van der Waals surface area contributed by atoms with Crippen molar-refractivity contribution in [1.82, 2.24) is 0 Å². The second-order valence-electron chi connectivity index (χ2n) is 6.22. The van der Waals surface area contributed by atoms with E-state index < -0.39 is 28.3 Å². The maximum absolute atomic E-state index is 13.3. The Morgan fingerprint density at radius 2 is 1.67 bits per heavy atom. The summed E-state index contributed by atoms with van der Waals surface area (Å²) < 4.78 is 63.1. The number of alkyl halides is 3. The van der Waals surface area contributed by atoms with E-state index in [0.717, 1.165) is 6.26 Å². The summed E-state index contributed by atoms with van der Waals surface area (Å²) in [4.78, 5) is 4.75. The molecule has 0 saturated heterocycles. The lowest BCUT2D eigenvalue weighted by Crippen LogP contribution is -2.47. The quantitative estimate of drug-likeness (QED) is 0.772. The van der Waals surface area contributed by atoms with Crippen LogP contribution in [-0.4, -0.2) is 44.1 Å². The van der Waals surface area contributed by atoms with E-state index in [-0.39, 0.29) is 16.4 Å². The molecule has 2 aromatic carbocycles. The molecule has 2 aromatic rings. The summed E-state index contributed by atoms with van der Waals surface area (Å²) in [5.74, 6) is -0.0954. The van der Waals surface area contributed by atoms with Crippen molar-refractivity contribution in [2.75, 3.05) is 23.4 Å². The van der Waals surface area contributed by atoms with Crippen LogP contribution in [0.15, 0.2) is 58.4 Å². The van der Waals surface area contributed by atoms with Crippen LogP contribution >= 0.6 is 0 Å².